The number of aromatic nitrogens is 5. The molecule has 0 spiro atoms. The van der Waals surface area contributed by atoms with Crippen molar-refractivity contribution in [2.24, 2.45) is 11.7 Å². The van der Waals surface area contributed by atoms with E-state index in [0.29, 0.717) is 29.8 Å². The molecule has 1 atom stereocenters. The largest absolute Gasteiger partial charge is 0.339 e. The van der Waals surface area contributed by atoms with E-state index in [1.54, 1.807) is 18.7 Å². The first-order valence-electron chi connectivity index (χ1n) is 8.04. The third-order valence-electron chi connectivity index (χ3n) is 3.72. The number of carbonyl (C=O) groups is 1. The van der Waals surface area contributed by atoms with Crippen molar-refractivity contribution in [1.82, 2.24) is 29.8 Å². The van der Waals surface area contributed by atoms with E-state index >= 15 is 0 Å². The second kappa shape index (κ2) is 7.52. The zero-order valence-corrected chi connectivity index (χ0v) is 14.9. The van der Waals surface area contributed by atoms with Gasteiger partial charge in [-0.2, -0.15) is 10.1 Å². The van der Waals surface area contributed by atoms with E-state index in [-0.39, 0.29) is 31.0 Å². The fourth-order valence-corrected chi connectivity index (χ4v) is 2.18. The molecule has 0 saturated carbocycles. The molecule has 0 bridgehead atoms. The minimum Gasteiger partial charge on any atom is -0.339 e. The smallest absolute Gasteiger partial charge is 0.244 e. The Morgan fingerprint density at radius 2 is 2.08 bits per heavy atom. The highest BCUT2D eigenvalue weighted by molar-refractivity contribution is 5.75. The van der Waals surface area contributed by atoms with Crippen molar-refractivity contribution in [2.45, 2.75) is 53.2 Å². The minimum atomic E-state index is -0.270. The molecule has 1 unspecified atom stereocenters. The summed E-state index contributed by atoms with van der Waals surface area (Å²) in [6.07, 6.45) is 0.666. The fourth-order valence-electron chi connectivity index (χ4n) is 2.18. The van der Waals surface area contributed by atoms with Crippen LogP contribution in [0, 0.1) is 12.8 Å². The maximum atomic E-state index is 12.5. The Balaban J connectivity index is 2.06. The lowest BCUT2D eigenvalue weighted by Crippen LogP contribution is -2.32. The minimum absolute atomic E-state index is 0.0750. The molecule has 0 radical (unpaired) electrons. The van der Waals surface area contributed by atoms with Crippen LogP contribution in [0.3, 0.4) is 0 Å². The zero-order valence-electron chi connectivity index (χ0n) is 14.9. The van der Waals surface area contributed by atoms with Gasteiger partial charge in [-0.15, -0.1) is 0 Å². The van der Waals surface area contributed by atoms with E-state index in [0.717, 1.165) is 0 Å². The highest BCUT2D eigenvalue weighted by Gasteiger charge is 2.21. The van der Waals surface area contributed by atoms with Gasteiger partial charge in [0.25, 0.3) is 0 Å². The first-order chi connectivity index (χ1) is 11.3. The van der Waals surface area contributed by atoms with Gasteiger partial charge >= 0.3 is 0 Å². The Morgan fingerprint density at radius 3 is 2.67 bits per heavy atom. The zero-order chi connectivity index (χ0) is 17.9. The third-order valence-corrected chi connectivity index (χ3v) is 3.72. The number of carbonyl (C=O) groups excluding carboxylic acids is 1. The van der Waals surface area contributed by atoms with Gasteiger partial charge in [-0.3, -0.25) is 4.79 Å². The molecule has 0 aliphatic carbocycles. The molecule has 2 aromatic heterocycles. The quantitative estimate of drug-likeness (QED) is 0.797. The summed E-state index contributed by atoms with van der Waals surface area (Å²) in [4.78, 5) is 22.6. The van der Waals surface area contributed by atoms with Gasteiger partial charge in [-0.25, -0.2) is 9.67 Å². The summed E-state index contributed by atoms with van der Waals surface area (Å²) in [6, 6.07) is -0.270. The lowest BCUT2D eigenvalue weighted by atomic mass is 10.1. The first kappa shape index (κ1) is 18.1. The maximum Gasteiger partial charge on any atom is 0.244 e. The van der Waals surface area contributed by atoms with E-state index in [4.69, 9.17) is 10.3 Å². The number of amides is 1. The molecule has 2 N–H and O–H groups in total. The van der Waals surface area contributed by atoms with Crippen LogP contribution < -0.4 is 5.73 Å². The number of hydrogen-bond acceptors (Lipinski definition) is 7. The van der Waals surface area contributed by atoms with Crippen LogP contribution in [0.5, 0.6) is 0 Å². The molecule has 132 valence electrons. The van der Waals surface area contributed by atoms with Crippen molar-refractivity contribution in [1.29, 1.82) is 0 Å². The van der Waals surface area contributed by atoms with Crippen LogP contribution in [0.1, 0.15) is 50.2 Å². The van der Waals surface area contributed by atoms with E-state index in [9.17, 15) is 4.79 Å². The predicted molar refractivity (Wildman–Crippen MR) is 86.7 cm³/mol. The Hall–Kier alpha value is -2.29. The Kier molecular flexibility index (Phi) is 5.66. The second-order valence-corrected chi connectivity index (χ2v) is 6.15. The van der Waals surface area contributed by atoms with Crippen molar-refractivity contribution in [3.63, 3.8) is 0 Å². The number of nitrogens with two attached hydrogens (primary N) is 1. The summed E-state index contributed by atoms with van der Waals surface area (Å²) >= 11 is 0. The molecule has 9 nitrogen and oxygen atoms in total. The van der Waals surface area contributed by atoms with E-state index in [1.807, 2.05) is 20.8 Å². The lowest BCUT2D eigenvalue weighted by molar-refractivity contribution is -0.131. The van der Waals surface area contributed by atoms with Crippen molar-refractivity contribution in [3.8, 4) is 0 Å². The van der Waals surface area contributed by atoms with Crippen LogP contribution in [0.15, 0.2) is 4.52 Å². The SMILES string of the molecule is CCc1nc(CN(C)C(=O)Cn2nc(C)nc2C(N)C(C)C)no1. The molecule has 0 aliphatic rings. The average Bonchev–Trinajstić information content (AvgIpc) is 3.12. The molecular weight excluding hydrogens is 310 g/mol. The number of rotatable bonds is 7. The van der Waals surface area contributed by atoms with Gasteiger partial charge in [0.15, 0.2) is 5.82 Å². The van der Waals surface area contributed by atoms with E-state index < -0.39 is 0 Å². The summed E-state index contributed by atoms with van der Waals surface area (Å²) in [6.45, 7) is 8.09. The lowest BCUT2D eigenvalue weighted by Gasteiger charge is -2.18. The molecule has 0 saturated heterocycles. The third kappa shape index (κ3) is 4.16. The molecule has 2 heterocycles. The standard InChI is InChI=1S/C15H25N7O2/c1-6-12-18-11(20-24-12)7-21(5)13(23)8-22-15(14(16)9(2)3)17-10(4)19-22/h9,14H,6-8,16H2,1-5H3. The van der Waals surface area contributed by atoms with Crippen LogP contribution in [0.4, 0.5) is 0 Å². The highest BCUT2D eigenvalue weighted by atomic mass is 16.5. The van der Waals surface area contributed by atoms with Crippen LogP contribution in [-0.4, -0.2) is 42.8 Å². The molecule has 1 amide bonds. The molecule has 0 aliphatic heterocycles. The number of aryl methyl sites for hydroxylation is 2. The van der Waals surface area contributed by atoms with Gasteiger partial charge in [0.1, 0.15) is 18.2 Å². The van der Waals surface area contributed by atoms with Crippen LogP contribution in [0.2, 0.25) is 0 Å². The average molecular weight is 335 g/mol. The molecule has 9 heteroatoms. The normalized spacial score (nSPS) is 12.6. The molecule has 2 aromatic rings. The number of hydrogen-bond donors (Lipinski definition) is 1. The summed E-state index contributed by atoms with van der Waals surface area (Å²) in [5, 5.41) is 8.14. The summed E-state index contributed by atoms with van der Waals surface area (Å²) in [7, 11) is 1.69. The summed E-state index contributed by atoms with van der Waals surface area (Å²) in [5.41, 5.74) is 6.16. The Bertz CT molecular complexity index is 692. The van der Waals surface area contributed by atoms with Gasteiger partial charge in [0.05, 0.1) is 12.6 Å². The predicted octanol–water partition coefficient (Wildman–Crippen LogP) is 0.846. The molecule has 2 rings (SSSR count). The molecule has 0 fully saturated rings. The Morgan fingerprint density at radius 1 is 1.38 bits per heavy atom. The van der Waals surface area contributed by atoms with Crippen molar-refractivity contribution in [2.75, 3.05) is 7.05 Å². The Labute approximate surface area is 141 Å². The van der Waals surface area contributed by atoms with Crippen LogP contribution in [0.25, 0.3) is 0 Å². The monoisotopic (exact) mass is 335 g/mol. The van der Waals surface area contributed by atoms with Gasteiger partial charge < -0.3 is 15.2 Å². The number of nitrogens with zero attached hydrogens (tertiary/aromatic N) is 6. The topological polar surface area (TPSA) is 116 Å². The molecular formula is C15H25N7O2. The van der Waals surface area contributed by atoms with E-state index in [2.05, 4.69) is 20.2 Å². The van der Waals surface area contributed by atoms with Crippen LogP contribution >= 0.6 is 0 Å². The first-order valence-corrected chi connectivity index (χ1v) is 8.04. The summed E-state index contributed by atoms with van der Waals surface area (Å²) < 4.78 is 6.63. The number of likely N-dealkylation sites (N-methyl/N-ethyl adjacent to an activating group) is 1. The van der Waals surface area contributed by atoms with Crippen molar-refractivity contribution in [3.05, 3.63) is 23.4 Å². The molecule has 0 aromatic carbocycles. The van der Waals surface area contributed by atoms with Crippen LogP contribution in [-0.2, 0) is 24.3 Å². The molecule has 24 heavy (non-hydrogen) atoms. The van der Waals surface area contributed by atoms with Gasteiger partial charge in [0, 0.05) is 13.5 Å². The van der Waals surface area contributed by atoms with Gasteiger partial charge in [0.2, 0.25) is 11.8 Å². The van der Waals surface area contributed by atoms with Gasteiger partial charge in [-0.05, 0) is 12.8 Å². The summed E-state index contributed by atoms with van der Waals surface area (Å²) in [5.74, 6) is 2.34. The van der Waals surface area contributed by atoms with Gasteiger partial charge in [-0.1, -0.05) is 25.9 Å². The van der Waals surface area contributed by atoms with Crippen molar-refractivity contribution < 1.29 is 9.32 Å². The highest BCUT2D eigenvalue weighted by Crippen LogP contribution is 2.17. The fraction of sp³-hybridized carbons (Fsp3) is 0.667. The maximum absolute atomic E-state index is 12.5. The second-order valence-electron chi connectivity index (χ2n) is 6.15. The van der Waals surface area contributed by atoms with E-state index in [1.165, 1.54) is 4.90 Å². The van der Waals surface area contributed by atoms with Crippen molar-refractivity contribution >= 4 is 5.91 Å².